The number of pyridine rings is 1. The quantitative estimate of drug-likeness (QED) is 0.607. The van der Waals surface area contributed by atoms with E-state index in [0.29, 0.717) is 23.0 Å². The molecule has 1 saturated heterocycles. The minimum Gasteiger partial charge on any atom is -0.379 e. The van der Waals surface area contributed by atoms with Crippen LogP contribution in [0.2, 0.25) is 0 Å². The summed E-state index contributed by atoms with van der Waals surface area (Å²) in [6.45, 7) is 6.98. The summed E-state index contributed by atoms with van der Waals surface area (Å²) >= 11 is 0. The Bertz CT molecular complexity index is 1090. The Morgan fingerprint density at radius 1 is 1.09 bits per heavy atom. The maximum atomic E-state index is 13.5. The van der Waals surface area contributed by atoms with Crippen molar-refractivity contribution in [3.05, 3.63) is 40.1 Å². The first-order valence-corrected chi connectivity index (χ1v) is 11.8. The van der Waals surface area contributed by atoms with Crippen molar-refractivity contribution in [2.75, 3.05) is 50.0 Å². The van der Waals surface area contributed by atoms with Crippen molar-refractivity contribution >= 4 is 23.2 Å². The lowest BCUT2D eigenvalue weighted by molar-refractivity contribution is 0.0398. The topological polar surface area (TPSA) is 113 Å². The second-order valence-corrected chi connectivity index (χ2v) is 9.07. The SMILES string of the molecule is Cc1cc(Nc2cc(NCCN3CCOCC3)ncn2)c(=O)n2c1C(=O)NC21CCCCC1. The van der Waals surface area contributed by atoms with E-state index in [4.69, 9.17) is 4.74 Å². The van der Waals surface area contributed by atoms with Crippen molar-refractivity contribution in [2.45, 2.75) is 44.7 Å². The van der Waals surface area contributed by atoms with Crippen molar-refractivity contribution in [3.63, 3.8) is 0 Å². The van der Waals surface area contributed by atoms with E-state index in [1.807, 2.05) is 6.92 Å². The molecule has 1 aliphatic carbocycles. The highest BCUT2D eigenvalue weighted by Gasteiger charge is 2.45. The Morgan fingerprint density at radius 2 is 1.85 bits per heavy atom. The van der Waals surface area contributed by atoms with Crippen LogP contribution in [0.15, 0.2) is 23.3 Å². The number of aryl methyl sites for hydroxylation is 1. The van der Waals surface area contributed by atoms with Gasteiger partial charge in [-0.1, -0.05) is 6.42 Å². The van der Waals surface area contributed by atoms with Gasteiger partial charge in [0.1, 0.15) is 35.0 Å². The fraction of sp³-hybridized carbons (Fsp3) is 0.565. The summed E-state index contributed by atoms with van der Waals surface area (Å²) < 4.78 is 7.07. The number of aromatic nitrogens is 3. The number of amides is 1. The summed E-state index contributed by atoms with van der Waals surface area (Å²) in [7, 11) is 0. The number of anilines is 3. The van der Waals surface area contributed by atoms with Gasteiger partial charge in [0.2, 0.25) is 0 Å². The van der Waals surface area contributed by atoms with Crippen molar-refractivity contribution < 1.29 is 9.53 Å². The van der Waals surface area contributed by atoms with Crippen LogP contribution >= 0.6 is 0 Å². The summed E-state index contributed by atoms with van der Waals surface area (Å²) in [6.07, 6.45) is 6.15. The number of morpholine rings is 1. The Morgan fingerprint density at radius 3 is 2.64 bits per heavy atom. The first kappa shape index (κ1) is 21.8. The van der Waals surface area contributed by atoms with Gasteiger partial charge in [0.05, 0.1) is 13.2 Å². The third-order valence-electron chi connectivity index (χ3n) is 6.83. The molecule has 2 aliphatic heterocycles. The molecule has 4 heterocycles. The van der Waals surface area contributed by atoms with Gasteiger partial charge >= 0.3 is 0 Å². The Kier molecular flexibility index (Phi) is 6.03. The number of carbonyl (C=O) groups is 1. The maximum absolute atomic E-state index is 13.5. The zero-order chi connectivity index (χ0) is 22.8. The molecule has 1 saturated carbocycles. The predicted octanol–water partition coefficient (Wildman–Crippen LogP) is 1.79. The van der Waals surface area contributed by atoms with Gasteiger partial charge in [-0.15, -0.1) is 0 Å². The number of fused-ring (bicyclic) bond motifs is 2. The Labute approximate surface area is 192 Å². The van der Waals surface area contributed by atoms with Crippen LogP contribution in [0.3, 0.4) is 0 Å². The molecule has 1 amide bonds. The molecule has 1 spiro atoms. The van der Waals surface area contributed by atoms with Crippen LogP contribution in [0, 0.1) is 6.92 Å². The smallest absolute Gasteiger partial charge is 0.276 e. The average Bonchev–Trinajstić information content (AvgIpc) is 3.10. The van der Waals surface area contributed by atoms with Gasteiger partial charge in [-0.2, -0.15) is 0 Å². The molecule has 176 valence electrons. The molecule has 0 radical (unpaired) electrons. The van der Waals surface area contributed by atoms with Crippen LogP contribution < -0.4 is 21.5 Å². The molecule has 5 rings (SSSR count). The lowest BCUT2D eigenvalue weighted by Gasteiger charge is -2.35. The summed E-state index contributed by atoms with van der Waals surface area (Å²) in [6, 6.07) is 3.54. The summed E-state index contributed by atoms with van der Waals surface area (Å²) in [4.78, 5) is 37.2. The predicted molar refractivity (Wildman–Crippen MR) is 125 cm³/mol. The first-order chi connectivity index (χ1) is 16.1. The third kappa shape index (κ3) is 4.32. The van der Waals surface area contributed by atoms with Crippen molar-refractivity contribution in [1.29, 1.82) is 0 Å². The lowest BCUT2D eigenvalue weighted by atomic mass is 9.89. The minimum atomic E-state index is -0.609. The van der Waals surface area contributed by atoms with E-state index in [1.54, 1.807) is 16.7 Å². The molecule has 0 bridgehead atoms. The van der Waals surface area contributed by atoms with E-state index in [0.717, 1.165) is 77.1 Å². The molecule has 0 atom stereocenters. The normalized spacial score (nSPS) is 19.8. The van der Waals surface area contributed by atoms with Gasteiger partial charge in [0.15, 0.2) is 0 Å². The molecule has 2 fully saturated rings. The highest BCUT2D eigenvalue weighted by Crippen LogP contribution is 2.37. The number of hydrogen-bond acceptors (Lipinski definition) is 8. The molecular formula is C23H31N7O3. The second kappa shape index (κ2) is 9.11. The summed E-state index contributed by atoms with van der Waals surface area (Å²) in [5.74, 6) is 1.07. The van der Waals surface area contributed by atoms with Crippen LogP contribution in [0.4, 0.5) is 17.3 Å². The van der Waals surface area contributed by atoms with Crippen LogP contribution in [0.1, 0.15) is 48.2 Å². The maximum Gasteiger partial charge on any atom is 0.276 e. The van der Waals surface area contributed by atoms with Crippen LogP contribution in [0.5, 0.6) is 0 Å². The van der Waals surface area contributed by atoms with E-state index in [-0.39, 0.29) is 11.5 Å². The average molecular weight is 454 g/mol. The van der Waals surface area contributed by atoms with E-state index < -0.39 is 5.66 Å². The van der Waals surface area contributed by atoms with Gasteiger partial charge < -0.3 is 20.7 Å². The van der Waals surface area contributed by atoms with Gasteiger partial charge in [-0.05, 0) is 44.2 Å². The largest absolute Gasteiger partial charge is 0.379 e. The monoisotopic (exact) mass is 453 g/mol. The number of ether oxygens (including phenoxy) is 1. The van der Waals surface area contributed by atoms with Crippen molar-refractivity contribution in [1.82, 2.24) is 24.8 Å². The zero-order valence-corrected chi connectivity index (χ0v) is 19.0. The van der Waals surface area contributed by atoms with Gasteiger partial charge in [-0.3, -0.25) is 19.1 Å². The number of nitrogens with zero attached hydrogens (tertiary/aromatic N) is 4. The van der Waals surface area contributed by atoms with E-state index in [2.05, 4.69) is 30.8 Å². The number of carbonyl (C=O) groups excluding carboxylic acids is 1. The fourth-order valence-electron chi connectivity index (χ4n) is 5.16. The highest BCUT2D eigenvalue weighted by molar-refractivity contribution is 5.97. The van der Waals surface area contributed by atoms with Crippen molar-refractivity contribution in [2.24, 2.45) is 0 Å². The van der Waals surface area contributed by atoms with Gasteiger partial charge in [0.25, 0.3) is 11.5 Å². The Balaban J connectivity index is 1.34. The molecule has 2 aromatic rings. The van der Waals surface area contributed by atoms with Crippen LogP contribution in [0.25, 0.3) is 0 Å². The molecule has 3 N–H and O–H groups in total. The Hall–Kier alpha value is -2.98. The van der Waals surface area contributed by atoms with Gasteiger partial charge in [0, 0.05) is 32.2 Å². The van der Waals surface area contributed by atoms with Crippen LogP contribution in [-0.4, -0.2) is 64.7 Å². The standard InChI is InChI=1S/C23H31N7O3/c1-16-13-17(22(32)30-20(16)21(31)28-23(30)5-3-2-4-6-23)27-19-14-18(25-15-26-19)24-7-8-29-9-11-33-12-10-29/h13-15H,2-12H2,1H3,(H,28,31)(H2,24,25,26,27). The molecule has 33 heavy (non-hydrogen) atoms. The summed E-state index contributed by atoms with van der Waals surface area (Å²) in [5, 5.41) is 9.61. The number of hydrogen-bond donors (Lipinski definition) is 3. The van der Waals surface area contributed by atoms with Crippen LogP contribution in [-0.2, 0) is 10.4 Å². The summed E-state index contributed by atoms with van der Waals surface area (Å²) in [5.41, 5.74) is 0.852. The van der Waals surface area contributed by atoms with E-state index >= 15 is 0 Å². The highest BCUT2D eigenvalue weighted by atomic mass is 16.5. The second-order valence-electron chi connectivity index (χ2n) is 9.07. The molecular weight excluding hydrogens is 422 g/mol. The molecule has 2 aromatic heterocycles. The third-order valence-corrected chi connectivity index (χ3v) is 6.83. The lowest BCUT2D eigenvalue weighted by Crippen LogP contribution is -2.48. The molecule has 10 nitrogen and oxygen atoms in total. The van der Waals surface area contributed by atoms with Gasteiger partial charge in [-0.25, -0.2) is 9.97 Å². The number of nitrogens with one attached hydrogen (secondary N) is 3. The zero-order valence-electron chi connectivity index (χ0n) is 19.0. The molecule has 3 aliphatic rings. The van der Waals surface area contributed by atoms with E-state index in [9.17, 15) is 9.59 Å². The first-order valence-electron chi connectivity index (χ1n) is 11.8. The van der Waals surface area contributed by atoms with Crippen molar-refractivity contribution in [3.8, 4) is 0 Å². The molecule has 10 heteroatoms. The minimum absolute atomic E-state index is 0.160. The number of rotatable bonds is 6. The molecule has 0 aromatic carbocycles. The fourth-order valence-corrected chi connectivity index (χ4v) is 5.16. The van der Waals surface area contributed by atoms with E-state index in [1.165, 1.54) is 6.33 Å². The molecule has 0 unspecified atom stereocenters.